The molecule has 1 aromatic carbocycles. The van der Waals surface area contributed by atoms with Gasteiger partial charge in [0.2, 0.25) is 0 Å². The fourth-order valence-corrected chi connectivity index (χ4v) is 1.84. The Morgan fingerprint density at radius 1 is 1.24 bits per heavy atom. The number of hydrogen-bond acceptors (Lipinski definition) is 4. The summed E-state index contributed by atoms with van der Waals surface area (Å²) in [5, 5.41) is 0. The number of aromatic amines is 1. The number of H-pyrrole nitrogens is 1. The van der Waals surface area contributed by atoms with Crippen molar-refractivity contribution < 1.29 is 9.47 Å². The first kappa shape index (κ1) is 11.3. The monoisotopic (exact) mass is 233 g/mol. The van der Waals surface area contributed by atoms with Gasteiger partial charge >= 0.3 is 0 Å². The molecule has 0 bridgehead atoms. The molecule has 0 spiro atoms. The van der Waals surface area contributed by atoms with Crippen LogP contribution in [-0.4, -0.2) is 24.2 Å². The number of nitrogens with one attached hydrogen (secondary N) is 1. The Morgan fingerprint density at radius 3 is 2.53 bits per heavy atom. The van der Waals surface area contributed by atoms with Gasteiger partial charge in [-0.1, -0.05) is 0 Å². The molecular weight excluding hydrogens is 218 g/mol. The zero-order chi connectivity index (χ0) is 12.4. The molecule has 2 rings (SSSR count). The van der Waals surface area contributed by atoms with Crippen molar-refractivity contribution in [2.45, 2.75) is 6.92 Å². The lowest BCUT2D eigenvalue weighted by atomic mass is 10.1. The van der Waals surface area contributed by atoms with Crippen LogP contribution in [0.4, 0.5) is 5.95 Å². The smallest absolute Gasteiger partial charge is 0.197 e. The molecule has 0 atom stereocenters. The van der Waals surface area contributed by atoms with Gasteiger partial charge in [0, 0.05) is 11.1 Å². The van der Waals surface area contributed by atoms with E-state index in [1.54, 1.807) is 20.4 Å². The van der Waals surface area contributed by atoms with Crippen LogP contribution in [-0.2, 0) is 0 Å². The first-order valence-corrected chi connectivity index (χ1v) is 5.19. The minimum absolute atomic E-state index is 0.385. The first-order chi connectivity index (χ1) is 8.17. The fourth-order valence-electron chi connectivity index (χ4n) is 1.84. The van der Waals surface area contributed by atoms with Crippen molar-refractivity contribution in [3.8, 4) is 22.8 Å². The lowest BCUT2D eigenvalue weighted by Gasteiger charge is -2.13. The Bertz CT molecular complexity index is 535. The molecule has 17 heavy (non-hydrogen) atoms. The molecular formula is C12H15N3O2. The number of anilines is 1. The lowest BCUT2D eigenvalue weighted by Crippen LogP contribution is -1.95. The van der Waals surface area contributed by atoms with Gasteiger partial charge in [0.25, 0.3) is 0 Å². The maximum absolute atomic E-state index is 5.57. The lowest BCUT2D eigenvalue weighted by molar-refractivity contribution is 0.390. The second-order valence-corrected chi connectivity index (χ2v) is 3.66. The summed E-state index contributed by atoms with van der Waals surface area (Å²) in [6.45, 7) is 1.95. The van der Waals surface area contributed by atoms with Crippen LogP contribution < -0.4 is 15.2 Å². The molecule has 0 saturated heterocycles. The minimum Gasteiger partial charge on any atom is -0.496 e. The predicted molar refractivity (Wildman–Crippen MR) is 66.3 cm³/mol. The summed E-state index contributed by atoms with van der Waals surface area (Å²) in [6, 6.07) is 3.81. The quantitative estimate of drug-likeness (QED) is 0.850. The van der Waals surface area contributed by atoms with Gasteiger partial charge in [-0.25, -0.2) is 4.98 Å². The van der Waals surface area contributed by atoms with Crippen LogP contribution in [0.2, 0.25) is 0 Å². The highest BCUT2D eigenvalue weighted by Gasteiger charge is 2.13. The van der Waals surface area contributed by atoms with E-state index in [0.29, 0.717) is 5.95 Å². The number of methoxy groups -OCH3 is 2. The molecule has 0 amide bonds. The molecule has 1 aromatic heterocycles. The largest absolute Gasteiger partial charge is 0.496 e. The summed E-state index contributed by atoms with van der Waals surface area (Å²) in [5.41, 5.74) is 8.25. The molecule has 0 fully saturated rings. The van der Waals surface area contributed by atoms with Crippen molar-refractivity contribution in [3.63, 3.8) is 0 Å². The Morgan fingerprint density at radius 2 is 2.00 bits per heavy atom. The van der Waals surface area contributed by atoms with E-state index in [-0.39, 0.29) is 0 Å². The van der Waals surface area contributed by atoms with Gasteiger partial charge in [-0.05, 0) is 19.1 Å². The van der Waals surface area contributed by atoms with E-state index >= 15 is 0 Å². The van der Waals surface area contributed by atoms with Crippen molar-refractivity contribution in [1.82, 2.24) is 9.97 Å². The van der Waals surface area contributed by atoms with E-state index < -0.39 is 0 Å². The molecule has 1 heterocycles. The number of ether oxygens (including phenoxy) is 2. The number of aromatic nitrogens is 2. The average molecular weight is 233 g/mol. The van der Waals surface area contributed by atoms with Crippen LogP contribution in [0.5, 0.6) is 11.5 Å². The Hall–Kier alpha value is -2.17. The van der Waals surface area contributed by atoms with E-state index in [0.717, 1.165) is 28.3 Å². The molecule has 90 valence electrons. The normalized spacial score (nSPS) is 10.3. The third-order valence-corrected chi connectivity index (χ3v) is 2.67. The summed E-state index contributed by atoms with van der Waals surface area (Å²) in [6.07, 6.45) is 1.68. The second-order valence-electron chi connectivity index (χ2n) is 3.66. The molecule has 3 N–H and O–H groups in total. The van der Waals surface area contributed by atoms with Gasteiger partial charge in [0.05, 0.1) is 26.1 Å². The van der Waals surface area contributed by atoms with Crippen molar-refractivity contribution in [2.75, 3.05) is 20.0 Å². The molecule has 5 nitrogen and oxygen atoms in total. The number of nitrogen functional groups attached to an aromatic ring is 1. The van der Waals surface area contributed by atoms with Crippen molar-refractivity contribution in [2.24, 2.45) is 0 Å². The third-order valence-electron chi connectivity index (χ3n) is 2.67. The number of hydrogen-bond donors (Lipinski definition) is 2. The van der Waals surface area contributed by atoms with E-state index in [1.807, 2.05) is 19.1 Å². The highest BCUT2D eigenvalue weighted by atomic mass is 16.5. The van der Waals surface area contributed by atoms with Crippen LogP contribution in [0.25, 0.3) is 11.3 Å². The van der Waals surface area contributed by atoms with E-state index in [4.69, 9.17) is 15.2 Å². The van der Waals surface area contributed by atoms with E-state index in [9.17, 15) is 0 Å². The molecule has 5 heteroatoms. The van der Waals surface area contributed by atoms with Crippen molar-refractivity contribution in [1.29, 1.82) is 0 Å². The van der Waals surface area contributed by atoms with E-state index in [2.05, 4.69) is 9.97 Å². The van der Waals surface area contributed by atoms with Gasteiger partial charge in [-0.2, -0.15) is 0 Å². The molecule has 0 unspecified atom stereocenters. The SMILES string of the molecule is COc1ccc(-c2cnc(N)[nH]2)c(OC)c1C. The summed E-state index contributed by atoms with van der Waals surface area (Å²) in [5.74, 6) is 1.93. The Kier molecular flexibility index (Phi) is 2.91. The maximum Gasteiger partial charge on any atom is 0.197 e. The number of imidazole rings is 1. The fraction of sp³-hybridized carbons (Fsp3) is 0.250. The summed E-state index contributed by atoms with van der Waals surface area (Å²) in [7, 11) is 3.26. The minimum atomic E-state index is 0.385. The van der Waals surface area contributed by atoms with Gasteiger partial charge in [-0.15, -0.1) is 0 Å². The molecule has 2 aromatic rings. The molecule has 0 aliphatic carbocycles. The summed E-state index contributed by atoms with van der Waals surface area (Å²) >= 11 is 0. The topological polar surface area (TPSA) is 73.2 Å². The Labute approximate surface area is 99.6 Å². The highest BCUT2D eigenvalue weighted by molar-refractivity contribution is 5.71. The van der Waals surface area contributed by atoms with Gasteiger partial charge in [-0.3, -0.25) is 0 Å². The predicted octanol–water partition coefficient (Wildman–Crippen LogP) is 1.98. The van der Waals surface area contributed by atoms with Crippen LogP contribution in [0.15, 0.2) is 18.3 Å². The number of rotatable bonds is 3. The molecule has 0 radical (unpaired) electrons. The maximum atomic E-state index is 5.57. The summed E-state index contributed by atoms with van der Waals surface area (Å²) < 4.78 is 10.7. The van der Waals surface area contributed by atoms with Crippen LogP contribution in [0.1, 0.15) is 5.56 Å². The van der Waals surface area contributed by atoms with Crippen LogP contribution in [0.3, 0.4) is 0 Å². The zero-order valence-electron chi connectivity index (χ0n) is 10.1. The highest BCUT2D eigenvalue weighted by Crippen LogP contribution is 2.36. The molecule has 0 aliphatic heterocycles. The standard InChI is InChI=1S/C12H15N3O2/c1-7-10(16-2)5-4-8(11(7)17-3)9-6-14-12(13)15-9/h4-6H,1-3H3,(H3,13,14,15). The average Bonchev–Trinajstić information content (AvgIpc) is 2.75. The number of nitrogens with zero attached hydrogens (tertiary/aromatic N) is 1. The van der Waals surface area contributed by atoms with Crippen LogP contribution in [0, 0.1) is 6.92 Å². The zero-order valence-corrected chi connectivity index (χ0v) is 10.1. The second kappa shape index (κ2) is 4.37. The van der Waals surface area contributed by atoms with Crippen molar-refractivity contribution >= 4 is 5.95 Å². The number of nitrogens with two attached hydrogens (primary N) is 1. The van der Waals surface area contributed by atoms with Gasteiger partial charge < -0.3 is 20.2 Å². The third kappa shape index (κ3) is 1.91. The molecule has 0 aliphatic rings. The Balaban J connectivity index is 2.58. The number of benzene rings is 1. The molecule has 0 saturated carbocycles. The van der Waals surface area contributed by atoms with Gasteiger partial charge in [0.15, 0.2) is 5.95 Å². The van der Waals surface area contributed by atoms with Crippen molar-refractivity contribution in [3.05, 3.63) is 23.9 Å². The van der Waals surface area contributed by atoms with Crippen LogP contribution >= 0.6 is 0 Å². The first-order valence-electron chi connectivity index (χ1n) is 5.19. The van der Waals surface area contributed by atoms with E-state index in [1.165, 1.54) is 0 Å². The van der Waals surface area contributed by atoms with Gasteiger partial charge in [0.1, 0.15) is 11.5 Å². The summed E-state index contributed by atoms with van der Waals surface area (Å²) in [4.78, 5) is 6.95.